The molecule has 2 heterocycles. The van der Waals surface area contributed by atoms with Gasteiger partial charge in [-0.1, -0.05) is 13.8 Å². The highest BCUT2D eigenvalue weighted by molar-refractivity contribution is 5.85. The van der Waals surface area contributed by atoms with Crippen molar-refractivity contribution in [2.24, 2.45) is 0 Å². The number of hydrogen-bond acceptors (Lipinski definition) is 3. The van der Waals surface area contributed by atoms with E-state index < -0.39 is 5.97 Å². The Morgan fingerprint density at radius 3 is 2.67 bits per heavy atom. The second kappa shape index (κ2) is 4.60. The number of nitrogens with zero attached hydrogens (tertiary/aromatic N) is 3. The third kappa shape index (κ3) is 2.25. The van der Waals surface area contributed by atoms with Gasteiger partial charge in [0.05, 0.1) is 0 Å². The summed E-state index contributed by atoms with van der Waals surface area (Å²) in [5.74, 6) is -0.206. The summed E-state index contributed by atoms with van der Waals surface area (Å²) < 4.78 is 1.60. The monoisotopic (exact) mass is 245 g/mol. The van der Waals surface area contributed by atoms with Crippen molar-refractivity contribution in [3.05, 3.63) is 41.3 Å². The summed E-state index contributed by atoms with van der Waals surface area (Å²) in [7, 11) is 0. The highest BCUT2D eigenvalue weighted by Crippen LogP contribution is 2.19. The number of aromatic nitrogens is 3. The first-order valence-corrected chi connectivity index (χ1v) is 5.75. The van der Waals surface area contributed by atoms with E-state index in [1.54, 1.807) is 16.9 Å². The van der Waals surface area contributed by atoms with Gasteiger partial charge in [-0.15, -0.1) is 0 Å². The van der Waals surface area contributed by atoms with Gasteiger partial charge in [0.1, 0.15) is 0 Å². The molecule has 0 spiro atoms. The number of carboxylic acids is 1. The molecule has 5 nitrogen and oxygen atoms in total. The Kier molecular flexibility index (Phi) is 3.14. The van der Waals surface area contributed by atoms with Crippen LogP contribution in [0.15, 0.2) is 24.4 Å². The lowest BCUT2D eigenvalue weighted by molar-refractivity contribution is 0.0690. The Bertz CT molecular complexity index is 588. The minimum atomic E-state index is -1.02. The van der Waals surface area contributed by atoms with Crippen LogP contribution in [0.4, 0.5) is 0 Å². The van der Waals surface area contributed by atoms with Gasteiger partial charge in [-0.05, 0) is 36.6 Å². The van der Waals surface area contributed by atoms with E-state index in [0.29, 0.717) is 5.82 Å². The Hall–Kier alpha value is -2.17. The molecule has 18 heavy (non-hydrogen) atoms. The lowest BCUT2D eigenvalue weighted by Gasteiger charge is -2.09. The number of aromatic carboxylic acids is 1. The Labute approximate surface area is 105 Å². The molecule has 0 aliphatic heterocycles. The molecule has 2 aromatic rings. The molecule has 94 valence electrons. The summed E-state index contributed by atoms with van der Waals surface area (Å²) in [4.78, 5) is 15.2. The fraction of sp³-hybridized carbons (Fsp3) is 0.308. The predicted octanol–water partition coefficient (Wildman–Crippen LogP) is 2.40. The number of carbonyl (C=O) groups is 1. The average Bonchev–Trinajstić information content (AvgIpc) is 2.73. The fourth-order valence-corrected chi connectivity index (χ4v) is 1.73. The van der Waals surface area contributed by atoms with Gasteiger partial charge in [0.15, 0.2) is 11.5 Å². The molecule has 1 N–H and O–H groups in total. The quantitative estimate of drug-likeness (QED) is 0.901. The lowest BCUT2D eigenvalue weighted by atomic mass is 10.1. The second-order valence-electron chi connectivity index (χ2n) is 4.52. The van der Waals surface area contributed by atoms with Crippen LogP contribution in [0.3, 0.4) is 0 Å². The van der Waals surface area contributed by atoms with Crippen LogP contribution in [0, 0.1) is 6.92 Å². The number of aryl methyl sites for hydroxylation is 1. The molecule has 0 unspecified atom stereocenters. The van der Waals surface area contributed by atoms with Gasteiger partial charge in [0.25, 0.3) is 0 Å². The molecule has 2 aromatic heterocycles. The Morgan fingerprint density at radius 2 is 2.11 bits per heavy atom. The molecule has 2 rings (SSSR count). The third-order valence-corrected chi connectivity index (χ3v) is 2.67. The molecular weight excluding hydrogens is 230 g/mol. The van der Waals surface area contributed by atoms with Crippen LogP contribution < -0.4 is 0 Å². The van der Waals surface area contributed by atoms with E-state index in [2.05, 4.69) is 10.1 Å². The van der Waals surface area contributed by atoms with E-state index >= 15 is 0 Å². The van der Waals surface area contributed by atoms with Crippen molar-refractivity contribution >= 4 is 5.97 Å². The summed E-state index contributed by atoms with van der Waals surface area (Å²) in [6.07, 6.45) is 1.69. The molecule has 0 fully saturated rings. The Balaban J connectivity index is 2.58. The van der Waals surface area contributed by atoms with Crippen LogP contribution in [-0.4, -0.2) is 25.8 Å². The van der Waals surface area contributed by atoms with Gasteiger partial charge >= 0.3 is 5.97 Å². The van der Waals surface area contributed by atoms with Gasteiger partial charge in [-0.2, -0.15) is 5.10 Å². The van der Waals surface area contributed by atoms with Gasteiger partial charge in [0, 0.05) is 11.9 Å². The average molecular weight is 245 g/mol. The van der Waals surface area contributed by atoms with Crippen molar-refractivity contribution in [1.82, 2.24) is 14.8 Å². The van der Waals surface area contributed by atoms with Crippen molar-refractivity contribution in [3.63, 3.8) is 0 Å². The normalized spacial score (nSPS) is 10.9. The van der Waals surface area contributed by atoms with Crippen molar-refractivity contribution in [2.75, 3.05) is 0 Å². The van der Waals surface area contributed by atoms with Crippen LogP contribution in [0.1, 0.15) is 41.5 Å². The second-order valence-corrected chi connectivity index (χ2v) is 4.52. The van der Waals surface area contributed by atoms with Crippen molar-refractivity contribution in [2.45, 2.75) is 26.7 Å². The van der Waals surface area contributed by atoms with Gasteiger partial charge < -0.3 is 5.11 Å². The number of hydrogen-bond donors (Lipinski definition) is 1. The summed E-state index contributed by atoms with van der Waals surface area (Å²) >= 11 is 0. The van der Waals surface area contributed by atoms with E-state index in [9.17, 15) is 4.79 Å². The van der Waals surface area contributed by atoms with E-state index in [-0.39, 0.29) is 11.6 Å². The predicted molar refractivity (Wildman–Crippen MR) is 67.1 cm³/mol. The molecule has 0 radical (unpaired) electrons. The SMILES string of the molecule is Cc1ccnc(-n2nc(C(=O)O)cc2C(C)C)c1. The molecule has 0 saturated carbocycles. The molecule has 5 heteroatoms. The first-order chi connectivity index (χ1) is 8.49. The van der Waals surface area contributed by atoms with Crippen molar-refractivity contribution in [1.29, 1.82) is 0 Å². The number of pyridine rings is 1. The van der Waals surface area contributed by atoms with Gasteiger partial charge in [-0.3, -0.25) is 0 Å². The first-order valence-electron chi connectivity index (χ1n) is 5.75. The van der Waals surface area contributed by atoms with Crippen molar-refractivity contribution in [3.8, 4) is 5.82 Å². The maximum absolute atomic E-state index is 11.0. The summed E-state index contributed by atoms with van der Waals surface area (Å²) in [6.45, 7) is 5.95. The van der Waals surface area contributed by atoms with Crippen LogP contribution in [0.25, 0.3) is 5.82 Å². The van der Waals surface area contributed by atoms with Crippen LogP contribution in [0.5, 0.6) is 0 Å². The maximum Gasteiger partial charge on any atom is 0.356 e. The number of carboxylic acid groups (broad SMARTS) is 1. The molecule has 0 bridgehead atoms. The zero-order valence-corrected chi connectivity index (χ0v) is 10.6. The molecule has 0 amide bonds. The molecule has 0 aliphatic rings. The van der Waals surface area contributed by atoms with E-state index in [0.717, 1.165) is 11.3 Å². The van der Waals surface area contributed by atoms with Crippen LogP contribution >= 0.6 is 0 Å². The highest BCUT2D eigenvalue weighted by Gasteiger charge is 2.17. The molecule has 0 atom stereocenters. The topological polar surface area (TPSA) is 68.0 Å². The molecule has 0 aromatic carbocycles. The minimum Gasteiger partial charge on any atom is -0.476 e. The minimum absolute atomic E-state index is 0.0435. The third-order valence-electron chi connectivity index (χ3n) is 2.67. The Morgan fingerprint density at radius 1 is 1.39 bits per heavy atom. The largest absolute Gasteiger partial charge is 0.476 e. The van der Waals surface area contributed by atoms with Gasteiger partial charge in [-0.25, -0.2) is 14.5 Å². The molecule has 0 saturated heterocycles. The van der Waals surface area contributed by atoms with Crippen molar-refractivity contribution < 1.29 is 9.90 Å². The van der Waals surface area contributed by atoms with Crippen LogP contribution in [0.2, 0.25) is 0 Å². The molecular formula is C13H15N3O2. The standard InChI is InChI=1S/C13H15N3O2/c1-8(2)11-7-10(13(17)18)15-16(11)12-6-9(3)4-5-14-12/h4-8H,1-3H3,(H,17,18). The smallest absolute Gasteiger partial charge is 0.356 e. The molecule has 0 aliphatic carbocycles. The highest BCUT2D eigenvalue weighted by atomic mass is 16.4. The van der Waals surface area contributed by atoms with E-state index in [1.165, 1.54) is 0 Å². The van der Waals surface area contributed by atoms with Crippen LogP contribution in [-0.2, 0) is 0 Å². The summed E-state index contributed by atoms with van der Waals surface area (Å²) in [5, 5.41) is 13.1. The summed E-state index contributed by atoms with van der Waals surface area (Å²) in [5.41, 5.74) is 1.94. The first kappa shape index (κ1) is 12.3. The number of rotatable bonds is 3. The van der Waals surface area contributed by atoms with Gasteiger partial charge in [0.2, 0.25) is 0 Å². The zero-order chi connectivity index (χ0) is 13.3. The van der Waals surface area contributed by atoms with E-state index in [4.69, 9.17) is 5.11 Å². The van der Waals surface area contributed by atoms with E-state index in [1.807, 2.05) is 32.9 Å². The lowest BCUT2D eigenvalue weighted by Crippen LogP contribution is -2.06. The maximum atomic E-state index is 11.0. The summed E-state index contributed by atoms with van der Waals surface area (Å²) in [6, 6.07) is 5.36. The fourth-order valence-electron chi connectivity index (χ4n) is 1.73. The zero-order valence-electron chi connectivity index (χ0n) is 10.6.